The molecule has 0 saturated carbocycles. The number of fused-ring (bicyclic) bond motifs is 1. The van der Waals surface area contributed by atoms with Gasteiger partial charge in [0.1, 0.15) is 5.82 Å². The van der Waals surface area contributed by atoms with Crippen molar-refractivity contribution in [3.8, 4) is 11.5 Å². The second-order valence-electron chi connectivity index (χ2n) is 5.25. The van der Waals surface area contributed by atoms with Crippen molar-refractivity contribution in [2.45, 2.75) is 12.8 Å². The average Bonchev–Trinajstić information content (AvgIpc) is 2.73. The average molecular weight is 280 g/mol. The molecule has 20 heavy (non-hydrogen) atoms. The fourth-order valence-electron chi connectivity index (χ4n) is 2.71. The van der Waals surface area contributed by atoms with E-state index in [-0.39, 0.29) is 5.82 Å². The van der Waals surface area contributed by atoms with Crippen LogP contribution in [-0.2, 0) is 6.42 Å². The lowest BCUT2D eigenvalue weighted by Crippen LogP contribution is -2.44. The Morgan fingerprint density at radius 3 is 2.80 bits per heavy atom. The second kappa shape index (κ2) is 6.41. The molecule has 0 bridgehead atoms. The lowest BCUT2D eigenvalue weighted by molar-refractivity contribution is 0.241. The zero-order chi connectivity index (χ0) is 13.8. The van der Waals surface area contributed by atoms with E-state index in [0.717, 1.165) is 39.1 Å². The zero-order valence-corrected chi connectivity index (χ0v) is 11.7. The van der Waals surface area contributed by atoms with Gasteiger partial charge in [-0.15, -0.1) is 0 Å². The minimum atomic E-state index is -0.190. The molecule has 110 valence electrons. The number of hydrogen-bond donors (Lipinski definition) is 1. The summed E-state index contributed by atoms with van der Waals surface area (Å²) in [6, 6.07) is 3.16. The van der Waals surface area contributed by atoms with Gasteiger partial charge in [-0.2, -0.15) is 0 Å². The molecule has 1 aromatic rings. The van der Waals surface area contributed by atoms with Gasteiger partial charge in [-0.25, -0.2) is 4.39 Å². The van der Waals surface area contributed by atoms with E-state index in [1.54, 1.807) is 6.07 Å². The van der Waals surface area contributed by atoms with Gasteiger partial charge in [0.2, 0.25) is 0 Å². The topological polar surface area (TPSA) is 33.7 Å². The second-order valence-corrected chi connectivity index (χ2v) is 5.25. The Hall–Kier alpha value is -1.33. The maximum atomic E-state index is 14.1. The number of halogens is 1. The van der Waals surface area contributed by atoms with Gasteiger partial charge in [0.05, 0.1) is 13.2 Å². The smallest absolute Gasteiger partial charge is 0.167 e. The fourth-order valence-corrected chi connectivity index (χ4v) is 2.71. The highest BCUT2D eigenvalue weighted by Gasteiger charge is 2.19. The van der Waals surface area contributed by atoms with E-state index in [9.17, 15) is 4.39 Å². The highest BCUT2D eigenvalue weighted by atomic mass is 19.1. The van der Waals surface area contributed by atoms with Gasteiger partial charge in [-0.1, -0.05) is 0 Å². The maximum Gasteiger partial charge on any atom is 0.167 e. The molecule has 2 aliphatic heterocycles. The zero-order valence-electron chi connectivity index (χ0n) is 11.7. The van der Waals surface area contributed by atoms with E-state index in [0.29, 0.717) is 36.7 Å². The first kappa shape index (κ1) is 13.6. The first-order chi connectivity index (χ1) is 9.84. The van der Waals surface area contributed by atoms with Crippen molar-refractivity contribution in [3.63, 3.8) is 0 Å². The van der Waals surface area contributed by atoms with Crippen LogP contribution in [0, 0.1) is 5.82 Å². The minimum Gasteiger partial charge on any atom is -0.490 e. The number of nitrogens with one attached hydrogen (secondary N) is 1. The van der Waals surface area contributed by atoms with Crippen molar-refractivity contribution in [2.75, 3.05) is 45.9 Å². The van der Waals surface area contributed by atoms with Crippen molar-refractivity contribution >= 4 is 0 Å². The molecule has 1 N–H and O–H groups in total. The number of piperazine rings is 1. The highest BCUT2D eigenvalue weighted by molar-refractivity contribution is 5.48. The molecule has 0 amide bonds. The van der Waals surface area contributed by atoms with Crippen LogP contribution in [0.25, 0.3) is 0 Å². The van der Waals surface area contributed by atoms with E-state index in [4.69, 9.17) is 9.47 Å². The number of hydrogen-bond acceptors (Lipinski definition) is 4. The molecule has 0 atom stereocenters. The van der Waals surface area contributed by atoms with Gasteiger partial charge < -0.3 is 19.7 Å². The van der Waals surface area contributed by atoms with Crippen LogP contribution in [0.1, 0.15) is 12.0 Å². The Kier molecular flexibility index (Phi) is 4.38. The molecule has 4 nitrogen and oxygen atoms in total. The van der Waals surface area contributed by atoms with E-state index in [1.807, 2.05) is 0 Å². The molecular weight excluding hydrogens is 259 g/mol. The number of benzene rings is 1. The monoisotopic (exact) mass is 280 g/mol. The summed E-state index contributed by atoms with van der Waals surface area (Å²) >= 11 is 0. The van der Waals surface area contributed by atoms with Crippen LogP contribution in [0.3, 0.4) is 0 Å². The number of rotatable bonds is 3. The standard InChI is InChI=1S/C15H21FN2O2/c16-13-2-3-14-15(20-11-1-10-19-14)12(13)4-7-18-8-5-17-6-9-18/h2-3,17H,1,4-11H2. The molecule has 0 radical (unpaired) electrons. The quantitative estimate of drug-likeness (QED) is 0.908. The van der Waals surface area contributed by atoms with Crippen LogP contribution in [0.5, 0.6) is 11.5 Å². The molecule has 2 aliphatic rings. The van der Waals surface area contributed by atoms with Gasteiger partial charge in [-0.05, 0) is 18.6 Å². The lowest BCUT2D eigenvalue weighted by Gasteiger charge is -2.27. The Morgan fingerprint density at radius 1 is 1.15 bits per heavy atom. The summed E-state index contributed by atoms with van der Waals surface area (Å²) in [7, 11) is 0. The normalized spacial score (nSPS) is 19.6. The SMILES string of the molecule is Fc1ccc2c(c1CCN1CCNCC1)OCCCO2. The van der Waals surface area contributed by atoms with E-state index >= 15 is 0 Å². The molecule has 2 heterocycles. The van der Waals surface area contributed by atoms with Crippen molar-refractivity contribution in [1.29, 1.82) is 0 Å². The largest absolute Gasteiger partial charge is 0.490 e. The Morgan fingerprint density at radius 2 is 1.95 bits per heavy atom. The summed E-state index contributed by atoms with van der Waals surface area (Å²) in [5.74, 6) is 1.10. The van der Waals surface area contributed by atoms with Crippen LogP contribution < -0.4 is 14.8 Å². The third kappa shape index (κ3) is 3.04. The van der Waals surface area contributed by atoms with Crippen molar-refractivity contribution < 1.29 is 13.9 Å². The maximum absolute atomic E-state index is 14.1. The summed E-state index contributed by atoms with van der Waals surface area (Å²) in [5.41, 5.74) is 0.655. The molecule has 5 heteroatoms. The summed E-state index contributed by atoms with van der Waals surface area (Å²) in [5, 5.41) is 3.32. The van der Waals surface area contributed by atoms with Crippen LogP contribution in [-0.4, -0.2) is 50.8 Å². The van der Waals surface area contributed by atoms with E-state index in [1.165, 1.54) is 6.07 Å². The number of nitrogens with zero attached hydrogens (tertiary/aromatic N) is 1. The summed E-state index contributed by atoms with van der Waals surface area (Å²) in [6.45, 7) is 6.15. The van der Waals surface area contributed by atoms with E-state index in [2.05, 4.69) is 10.2 Å². The predicted octanol–water partition coefficient (Wildman–Crippen LogP) is 1.43. The van der Waals surface area contributed by atoms with Gasteiger partial charge >= 0.3 is 0 Å². The van der Waals surface area contributed by atoms with Crippen LogP contribution >= 0.6 is 0 Å². The molecule has 0 aliphatic carbocycles. The van der Waals surface area contributed by atoms with E-state index < -0.39 is 0 Å². The first-order valence-corrected chi connectivity index (χ1v) is 7.34. The fraction of sp³-hybridized carbons (Fsp3) is 0.600. The first-order valence-electron chi connectivity index (χ1n) is 7.34. The van der Waals surface area contributed by atoms with Crippen LogP contribution in [0.2, 0.25) is 0 Å². The Balaban J connectivity index is 1.74. The van der Waals surface area contributed by atoms with Gasteiger partial charge in [-0.3, -0.25) is 0 Å². The van der Waals surface area contributed by atoms with Gasteiger partial charge in [0.25, 0.3) is 0 Å². The van der Waals surface area contributed by atoms with Crippen LogP contribution in [0.15, 0.2) is 12.1 Å². The summed E-state index contributed by atoms with van der Waals surface area (Å²) in [6.07, 6.45) is 1.51. The summed E-state index contributed by atoms with van der Waals surface area (Å²) in [4.78, 5) is 2.35. The predicted molar refractivity (Wildman–Crippen MR) is 75.0 cm³/mol. The molecule has 1 aromatic carbocycles. The van der Waals surface area contributed by atoms with Gasteiger partial charge in [0.15, 0.2) is 11.5 Å². The molecule has 3 rings (SSSR count). The summed E-state index contributed by atoms with van der Waals surface area (Å²) < 4.78 is 25.4. The third-order valence-electron chi connectivity index (χ3n) is 3.85. The number of ether oxygens (including phenoxy) is 2. The molecule has 1 fully saturated rings. The van der Waals surface area contributed by atoms with Crippen LogP contribution in [0.4, 0.5) is 4.39 Å². The Labute approximate surface area is 118 Å². The molecule has 0 spiro atoms. The Bertz CT molecular complexity index is 461. The lowest BCUT2D eigenvalue weighted by atomic mass is 10.1. The van der Waals surface area contributed by atoms with Gasteiger partial charge in [0, 0.05) is 44.7 Å². The van der Waals surface area contributed by atoms with Crippen molar-refractivity contribution in [3.05, 3.63) is 23.5 Å². The molecule has 1 saturated heterocycles. The van der Waals surface area contributed by atoms with Crippen molar-refractivity contribution in [1.82, 2.24) is 10.2 Å². The third-order valence-corrected chi connectivity index (χ3v) is 3.85. The van der Waals surface area contributed by atoms with Crippen molar-refractivity contribution in [2.24, 2.45) is 0 Å². The minimum absolute atomic E-state index is 0.190. The highest BCUT2D eigenvalue weighted by Crippen LogP contribution is 2.35. The molecule has 0 unspecified atom stereocenters. The molecule has 0 aromatic heterocycles. The molecular formula is C15H21FN2O2.